The molecule has 8 heteroatoms. The second-order valence-electron chi connectivity index (χ2n) is 5.43. The SMILES string of the molecule is CCSc1nc2n(n1)C(c1cccc(OC)c1)C(C(=O)OC)=C(C)N2. The molecular weight excluding hydrogens is 340 g/mol. The maximum absolute atomic E-state index is 12.4. The number of allylic oxidation sites excluding steroid dienone is 1. The number of nitrogens with one attached hydrogen (secondary N) is 1. The van der Waals surface area contributed by atoms with Crippen LogP contribution >= 0.6 is 11.8 Å². The third-order valence-electron chi connectivity index (χ3n) is 3.92. The molecule has 1 aromatic heterocycles. The largest absolute Gasteiger partial charge is 0.497 e. The van der Waals surface area contributed by atoms with Crippen LogP contribution in [0.25, 0.3) is 0 Å². The van der Waals surface area contributed by atoms with Gasteiger partial charge in [-0.05, 0) is 30.4 Å². The van der Waals surface area contributed by atoms with Crippen LogP contribution in [0.15, 0.2) is 40.7 Å². The highest BCUT2D eigenvalue weighted by Gasteiger charge is 2.35. The van der Waals surface area contributed by atoms with Gasteiger partial charge in [0, 0.05) is 5.70 Å². The third kappa shape index (κ3) is 3.21. The summed E-state index contributed by atoms with van der Waals surface area (Å²) >= 11 is 1.55. The molecule has 0 fully saturated rings. The summed E-state index contributed by atoms with van der Waals surface area (Å²) in [6.45, 7) is 3.88. The lowest BCUT2D eigenvalue weighted by Gasteiger charge is -2.28. The van der Waals surface area contributed by atoms with E-state index in [0.717, 1.165) is 11.3 Å². The van der Waals surface area contributed by atoms with Gasteiger partial charge in [-0.15, -0.1) is 5.10 Å². The Morgan fingerprint density at radius 1 is 1.40 bits per heavy atom. The second-order valence-corrected chi connectivity index (χ2v) is 6.66. The molecule has 25 heavy (non-hydrogen) atoms. The van der Waals surface area contributed by atoms with Gasteiger partial charge in [-0.3, -0.25) is 0 Å². The topological polar surface area (TPSA) is 78.3 Å². The number of fused-ring (bicyclic) bond motifs is 1. The summed E-state index contributed by atoms with van der Waals surface area (Å²) in [5, 5.41) is 8.40. The molecule has 0 saturated heterocycles. The first-order chi connectivity index (χ1) is 12.1. The van der Waals surface area contributed by atoms with E-state index in [-0.39, 0.29) is 0 Å². The molecule has 7 nitrogen and oxygen atoms in total. The molecule has 0 bridgehead atoms. The zero-order chi connectivity index (χ0) is 18.0. The van der Waals surface area contributed by atoms with E-state index in [2.05, 4.69) is 15.4 Å². The van der Waals surface area contributed by atoms with Crippen LogP contribution in [0.3, 0.4) is 0 Å². The fraction of sp³-hybridized carbons (Fsp3) is 0.353. The summed E-state index contributed by atoms with van der Waals surface area (Å²) < 4.78 is 12.1. The number of ether oxygens (including phenoxy) is 2. The van der Waals surface area contributed by atoms with E-state index in [1.54, 1.807) is 23.6 Å². The number of nitrogens with zero attached hydrogens (tertiary/aromatic N) is 3. The van der Waals surface area contributed by atoms with E-state index in [1.807, 2.05) is 38.1 Å². The number of carbonyl (C=O) groups is 1. The molecule has 1 aliphatic heterocycles. The van der Waals surface area contributed by atoms with Crippen molar-refractivity contribution in [3.05, 3.63) is 41.1 Å². The number of anilines is 1. The molecule has 0 spiro atoms. The van der Waals surface area contributed by atoms with E-state index in [1.165, 1.54) is 7.11 Å². The average molecular weight is 360 g/mol. The number of thioether (sulfide) groups is 1. The standard InChI is InChI=1S/C17H20N4O3S/c1-5-25-17-19-16-18-10(2)13(15(22)24-4)14(21(16)20-17)11-7-6-8-12(9-11)23-3/h6-9,14H,5H2,1-4H3,(H,18,19,20). The molecule has 0 saturated carbocycles. The Labute approximate surface area is 150 Å². The van der Waals surface area contributed by atoms with Crippen LogP contribution in [0.5, 0.6) is 5.75 Å². The number of methoxy groups -OCH3 is 2. The van der Waals surface area contributed by atoms with Crippen molar-refractivity contribution in [3.63, 3.8) is 0 Å². The van der Waals surface area contributed by atoms with Crippen LogP contribution in [0.1, 0.15) is 25.5 Å². The van der Waals surface area contributed by atoms with Crippen LogP contribution in [0.2, 0.25) is 0 Å². The summed E-state index contributed by atoms with van der Waals surface area (Å²) in [4.78, 5) is 17.0. The lowest BCUT2D eigenvalue weighted by Crippen LogP contribution is -2.29. The van der Waals surface area contributed by atoms with Crippen molar-refractivity contribution in [1.82, 2.24) is 14.8 Å². The summed E-state index contributed by atoms with van der Waals surface area (Å²) in [6.07, 6.45) is 0. The molecule has 1 aromatic carbocycles. The number of hydrogen-bond donors (Lipinski definition) is 1. The quantitative estimate of drug-likeness (QED) is 0.649. The third-order valence-corrected chi connectivity index (χ3v) is 4.64. The minimum absolute atomic E-state index is 0.399. The summed E-state index contributed by atoms with van der Waals surface area (Å²) in [6, 6.07) is 7.15. The highest BCUT2D eigenvalue weighted by molar-refractivity contribution is 7.99. The van der Waals surface area contributed by atoms with Gasteiger partial charge in [0.15, 0.2) is 0 Å². The van der Waals surface area contributed by atoms with E-state index in [9.17, 15) is 4.79 Å². The Kier molecular flexibility index (Phi) is 4.98. The molecular formula is C17H20N4O3S. The van der Waals surface area contributed by atoms with Crippen molar-refractivity contribution >= 4 is 23.7 Å². The van der Waals surface area contributed by atoms with Gasteiger partial charge < -0.3 is 14.8 Å². The van der Waals surface area contributed by atoms with Gasteiger partial charge in [0.1, 0.15) is 11.8 Å². The molecule has 1 aliphatic rings. The van der Waals surface area contributed by atoms with Crippen molar-refractivity contribution < 1.29 is 14.3 Å². The predicted octanol–water partition coefficient (Wildman–Crippen LogP) is 2.86. The molecule has 1 atom stereocenters. The fourth-order valence-corrected chi connectivity index (χ4v) is 3.37. The van der Waals surface area contributed by atoms with Gasteiger partial charge in [-0.1, -0.05) is 30.8 Å². The molecule has 1 N–H and O–H groups in total. The Bertz CT molecular complexity index is 831. The van der Waals surface area contributed by atoms with Gasteiger partial charge in [0.25, 0.3) is 0 Å². The number of aromatic nitrogens is 3. The number of esters is 1. The smallest absolute Gasteiger partial charge is 0.338 e. The van der Waals surface area contributed by atoms with Gasteiger partial charge in [-0.2, -0.15) is 4.98 Å². The summed E-state index contributed by atoms with van der Waals surface area (Å²) in [5.41, 5.74) is 2.08. The van der Waals surface area contributed by atoms with E-state index < -0.39 is 12.0 Å². The minimum atomic E-state index is -0.433. The van der Waals surface area contributed by atoms with Crippen LogP contribution in [0.4, 0.5) is 5.95 Å². The molecule has 0 amide bonds. The number of carbonyl (C=O) groups excluding carboxylic acids is 1. The zero-order valence-corrected chi connectivity index (χ0v) is 15.4. The normalized spacial score (nSPS) is 16.2. The minimum Gasteiger partial charge on any atom is -0.497 e. The Hall–Kier alpha value is -2.48. The Morgan fingerprint density at radius 2 is 2.20 bits per heavy atom. The second kappa shape index (κ2) is 7.18. The first-order valence-corrected chi connectivity index (χ1v) is 8.87. The maximum atomic E-state index is 12.4. The van der Waals surface area contributed by atoms with E-state index >= 15 is 0 Å². The molecule has 3 rings (SSSR count). The van der Waals surface area contributed by atoms with E-state index in [4.69, 9.17) is 9.47 Å². The number of benzene rings is 1. The molecule has 0 radical (unpaired) electrons. The van der Waals surface area contributed by atoms with Crippen LogP contribution in [-0.4, -0.2) is 40.7 Å². The van der Waals surface area contributed by atoms with Gasteiger partial charge >= 0.3 is 5.97 Å². The maximum Gasteiger partial charge on any atom is 0.338 e. The molecule has 2 heterocycles. The summed E-state index contributed by atoms with van der Waals surface area (Å²) in [7, 11) is 2.99. The molecule has 0 aliphatic carbocycles. The van der Waals surface area contributed by atoms with Gasteiger partial charge in [0.2, 0.25) is 11.1 Å². The predicted molar refractivity (Wildman–Crippen MR) is 95.9 cm³/mol. The molecule has 132 valence electrons. The van der Waals surface area contributed by atoms with Crippen molar-refractivity contribution in [3.8, 4) is 5.75 Å². The lowest BCUT2D eigenvalue weighted by molar-refractivity contribution is -0.136. The highest BCUT2D eigenvalue weighted by atomic mass is 32.2. The van der Waals surface area contributed by atoms with Gasteiger partial charge in [-0.25, -0.2) is 9.48 Å². The van der Waals surface area contributed by atoms with Crippen LogP contribution in [0, 0.1) is 0 Å². The van der Waals surface area contributed by atoms with Crippen molar-refractivity contribution in [2.24, 2.45) is 0 Å². The van der Waals surface area contributed by atoms with Crippen LogP contribution in [-0.2, 0) is 9.53 Å². The van der Waals surface area contributed by atoms with Crippen LogP contribution < -0.4 is 10.1 Å². The zero-order valence-electron chi connectivity index (χ0n) is 14.6. The Balaban J connectivity index is 2.16. The first-order valence-electron chi connectivity index (χ1n) is 7.88. The van der Waals surface area contributed by atoms with Crippen molar-refractivity contribution in [2.45, 2.75) is 25.0 Å². The van der Waals surface area contributed by atoms with E-state index in [0.29, 0.717) is 28.1 Å². The fourth-order valence-electron chi connectivity index (χ4n) is 2.82. The summed E-state index contributed by atoms with van der Waals surface area (Å²) in [5.74, 6) is 1.78. The number of rotatable bonds is 5. The van der Waals surface area contributed by atoms with Crippen molar-refractivity contribution in [1.29, 1.82) is 0 Å². The van der Waals surface area contributed by atoms with Gasteiger partial charge in [0.05, 0.1) is 19.8 Å². The Morgan fingerprint density at radius 3 is 2.88 bits per heavy atom. The monoisotopic (exact) mass is 360 g/mol. The average Bonchev–Trinajstić information content (AvgIpc) is 3.02. The van der Waals surface area contributed by atoms with Crippen molar-refractivity contribution in [2.75, 3.05) is 25.3 Å². The lowest BCUT2D eigenvalue weighted by atomic mass is 9.95. The highest BCUT2D eigenvalue weighted by Crippen LogP contribution is 2.37. The number of hydrogen-bond acceptors (Lipinski definition) is 7. The molecule has 2 aromatic rings. The molecule has 1 unspecified atom stereocenters. The first kappa shape index (κ1) is 17.3.